The molecular weight excluding hydrogens is 286 g/mol. The van der Waals surface area contributed by atoms with Crippen molar-refractivity contribution in [1.82, 2.24) is 0 Å². The highest BCUT2D eigenvalue weighted by Crippen LogP contribution is 2.34. The molecule has 114 valence electrons. The molecule has 0 bridgehead atoms. The normalized spacial score (nSPS) is 16.4. The van der Waals surface area contributed by atoms with Gasteiger partial charge in [-0.2, -0.15) is 0 Å². The summed E-state index contributed by atoms with van der Waals surface area (Å²) < 4.78 is 0. The van der Waals surface area contributed by atoms with E-state index in [1.807, 2.05) is 0 Å². The Morgan fingerprint density at radius 3 is 2.38 bits per heavy atom. The van der Waals surface area contributed by atoms with Crippen LogP contribution in [-0.2, 0) is 0 Å². The van der Waals surface area contributed by atoms with E-state index in [1.165, 1.54) is 44.2 Å². The van der Waals surface area contributed by atoms with Gasteiger partial charge >= 0.3 is 0 Å². The van der Waals surface area contributed by atoms with Gasteiger partial charge in [0, 0.05) is 11.1 Å². The van der Waals surface area contributed by atoms with Gasteiger partial charge in [0.15, 0.2) is 17.2 Å². The summed E-state index contributed by atoms with van der Waals surface area (Å²) in [5.74, 6) is -0.523. The van der Waals surface area contributed by atoms with Crippen LogP contribution in [0.1, 0.15) is 44.1 Å². The van der Waals surface area contributed by atoms with Crippen LogP contribution in [-0.4, -0.2) is 32.9 Å². The van der Waals surface area contributed by atoms with Gasteiger partial charge in [-0.3, -0.25) is 4.99 Å². The van der Waals surface area contributed by atoms with E-state index in [9.17, 15) is 15.3 Å². The van der Waals surface area contributed by atoms with Crippen molar-refractivity contribution in [2.24, 2.45) is 10.9 Å². The lowest BCUT2D eigenvalue weighted by molar-refractivity contribution is 0.368. The minimum Gasteiger partial charge on any atom is -0.504 e. The SMILES string of the molecule is Oc1cc(C=NCC(=S)CC2CCCCC2)cc(O)c1O. The maximum Gasteiger partial charge on any atom is 0.200 e. The van der Waals surface area contributed by atoms with Crippen molar-refractivity contribution in [2.75, 3.05) is 6.54 Å². The Morgan fingerprint density at radius 2 is 1.76 bits per heavy atom. The zero-order chi connectivity index (χ0) is 15.2. The second-order valence-corrected chi connectivity index (χ2v) is 6.20. The van der Waals surface area contributed by atoms with Gasteiger partial charge in [0.05, 0.1) is 6.54 Å². The first-order chi connectivity index (χ1) is 10.1. The third-order valence-corrected chi connectivity index (χ3v) is 4.14. The smallest absolute Gasteiger partial charge is 0.200 e. The molecule has 0 amide bonds. The van der Waals surface area contributed by atoms with Crippen molar-refractivity contribution in [3.8, 4) is 17.2 Å². The van der Waals surface area contributed by atoms with E-state index < -0.39 is 5.75 Å². The average molecular weight is 307 g/mol. The number of phenols is 3. The first kappa shape index (κ1) is 15.8. The zero-order valence-electron chi connectivity index (χ0n) is 12.0. The average Bonchev–Trinajstić information content (AvgIpc) is 2.45. The van der Waals surface area contributed by atoms with Gasteiger partial charge in [0.2, 0.25) is 0 Å². The van der Waals surface area contributed by atoms with Crippen LogP contribution in [0.2, 0.25) is 0 Å². The number of phenolic OH excluding ortho intramolecular Hbond substituents is 3. The van der Waals surface area contributed by atoms with E-state index in [0.29, 0.717) is 18.0 Å². The van der Waals surface area contributed by atoms with E-state index in [1.54, 1.807) is 6.21 Å². The van der Waals surface area contributed by atoms with Crippen molar-refractivity contribution >= 4 is 23.3 Å². The van der Waals surface area contributed by atoms with Gasteiger partial charge in [-0.05, 0) is 30.0 Å². The number of aromatic hydroxyl groups is 3. The van der Waals surface area contributed by atoms with Crippen LogP contribution in [0.4, 0.5) is 0 Å². The van der Waals surface area contributed by atoms with Gasteiger partial charge in [-0.15, -0.1) is 0 Å². The summed E-state index contributed by atoms with van der Waals surface area (Å²) in [4.78, 5) is 5.20. The molecule has 0 aliphatic heterocycles. The molecule has 0 aromatic heterocycles. The largest absolute Gasteiger partial charge is 0.504 e. The molecule has 1 aliphatic carbocycles. The fourth-order valence-electron chi connectivity index (χ4n) is 2.73. The molecule has 1 aliphatic rings. The van der Waals surface area contributed by atoms with Gasteiger partial charge in [0.1, 0.15) is 0 Å². The van der Waals surface area contributed by atoms with Crippen molar-refractivity contribution in [3.05, 3.63) is 17.7 Å². The fraction of sp³-hybridized carbons (Fsp3) is 0.500. The Morgan fingerprint density at radius 1 is 1.14 bits per heavy atom. The summed E-state index contributed by atoms with van der Waals surface area (Å²) in [6.45, 7) is 0.480. The Bertz CT molecular complexity index is 513. The number of thiocarbonyl (C=S) groups is 1. The van der Waals surface area contributed by atoms with Crippen LogP contribution in [0.15, 0.2) is 17.1 Å². The van der Waals surface area contributed by atoms with Crippen molar-refractivity contribution < 1.29 is 15.3 Å². The summed E-state index contributed by atoms with van der Waals surface area (Å²) in [6.07, 6.45) is 9.00. The summed E-state index contributed by atoms with van der Waals surface area (Å²) in [6, 6.07) is 2.70. The predicted octanol–water partition coefficient (Wildman–Crippen LogP) is 3.56. The van der Waals surface area contributed by atoms with Crippen LogP contribution >= 0.6 is 12.2 Å². The van der Waals surface area contributed by atoms with Crippen molar-refractivity contribution in [1.29, 1.82) is 0 Å². The molecule has 1 aromatic carbocycles. The van der Waals surface area contributed by atoms with E-state index in [2.05, 4.69) is 4.99 Å². The minimum atomic E-state index is -0.514. The Labute approximate surface area is 130 Å². The number of benzene rings is 1. The first-order valence-electron chi connectivity index (χ1n) is 7.32. The van der Waals surface area contributed by atoms with Crippen LogP contribution in [0, 0.1) is 5.92 Å². The Kier molecular flexibility index (Phi) is 5.56. The van der Waals surface area contributed by atoms with Gasteiger partial charge in [-0.1, -0.05) is 44.3 Å². The van der Waals surface area contributed by atoms with Gasteiger partial charge in [-0.25, -0.2) is 0 Å². The number of hydrogen-bond donors (Lipinski definition) is 3. The Balaban J connectivity index is 1.85. The highest BCUT2D eigenvalue weighted by molar-refractivity contribution is 7.80. The van der Waals surface area contributed by atoms with E-state index in [-0.39, 0.29) is 11.5 Å². The molecule has 5 heteroatoms. The van der Waals surface area contributed by atoms with Crippen molar-refractivity contribution in [3.63, 3.8) is 0 Å². The van der Waals surface area contributed by atoms with Crippen LogP contribution in [0.5, 0.6) is 17.2 Å². The summed E-state index contributed by atoms with van der Waals surface area (Å²) in [7, 11) is 0. The summed E-state index contributed by atoms with van der Waals surface area (Å²) in [5.41, 5.74) is 0.531. The maximum atomic E-state index is 9.41. The molecule has 21 heavy (non-hydrogen) atoms. The second-order valence-electron chi connectivity index (χ2n) is 5.62. The minimum absolute atomic E-state index is 0.360. The van der Waals surface area contributed by atoms with E-state index in [0.717, 1.165) is 11.3 Å². The van der Waals surface area contributed by atoms with Crippen LogP contribution < -0.4 is 0 Å². The lowest BCUT2D eigenvalue weighted by Gasteiger charge is -2.21. The molecule has 4 nitrogen and oxygen atoms in total. The maximum absolute atomic E-state index is 9.41. The third kappa shape index (κ3) is 4.70. The number of nitrogens with zero attached hydrogens (tertiary/aromatic N) is 1. The van der Waals surface area contributed by atoms with Gasteiger partial charge < -0.3 is 15.3 Å². The number of hydrogen-bond acceptors (Lipinski definition) is 5. The molecule has 0 spiro atoms. The number of aliphatic imine (C=N–C) groups is 1. The first-order valence-corrected chi connectivity index (χ1v) is 7.73. The quantitative estimate of drug-likeness (QED) is 0.442. The second kappa shape index (κ2) is 7.41. The van der Waals surface area contributed by atoms with E-state index in [4.69, 9.17) is 12.2 Å². The molecule has 0 atom stereocenters. The lowest BCUT2D eigenvalue weighted by Crippen LogP contribution is -2.12. The van der Waals surface area contributed by atoms with E-state index >= 15 is 0 Å². The van der Waals surface area contributed by atoms with Gasteiger partial charge in [0.25, 0.3) is 0 Å². The molecule has 1 saturated carbocycles. The molecule has 3 N–H and O–H groups in total. The molecule has 1 fully saturated rings. The monoisotopic (exact) mass is 307 g/mol. The fourth-order valence-corrected chi connectivity index (χ4v) is 3.04. The lowest BCUT2D eigenvalue weighted by atomic mass is 9.86. The molecular formula is C16H21NO3S. The molecule has 0 unspecified atom stereocenters. The highest BCUT2D eigenvalue weighted by atomic mass is 32.1. The molecule has 2 rings (SSSR count). The molecule has 1 aromatic rings. The predicted molar refractivity (Wildman–Crippen MR) is 87.7 cm³/mol. The van der Waals surface area contributed by atoms with Crippen molar-refractivity contribution in [2.45, 2.75) is 38.5 Å². The Hall–Kier alpha value is -1.62. The standard InChI is InChI=1S/C16H21NO3S/c18-14-7-12(8-15(19)16(14)20)9-17-10-13(21)6-11-4-2-1-3-5-11/h7-9,11,18-20H,1-6,10H2. The third-order valence-electron chi connectivity index (χ3n) is 3.84. The molecule has 0 saturated heterocycles. The summed E-state index contributed by atoms with van der Waals surface area (Å²) >= 11 is 5.37. The van der Waals surface area contributed by atoms with Crippen LogP contribution in [0.25, 0.3) is 0 Å². The van der Waals surface area contributed by atoms with Crippen LogP contribution in [0.3, 0.4) is 0 Å². The molecule has 0 heterocycles. The molecule has 0 radical (unpaired) electrons. The highest BCUT2D eigenvalue weighted by Gasteiger charge is 2.14. The number of rotatable bonds is 5. The summed E-state index contributed by atoms with van der Waals surface area (Å²) in [5, 5.41) is 28.1. The topological polar surface area (TPSA) is 73.1 Å². The zero-order valence-corrected chi connectivity index (χ0v) is 12.8.